The highest BCUT2D eigenvalue weighted by Crippen LogP contribution is 2.33. The molecule has 0 bridgehead atoms. The van der Waals surface area contributed by atoms with Gasteiger partial charge in [0.05, 0.1) is 30.1 Å². The van der Waals surface area contributed by atoms with E-state index in [2.05, 4.69) is 17.9 Å². The number of piperidine rings is 1. The molecule has 2 heterocycles. The first-order valence-electron chi connectivity index (χ1n) is 6.61. The summed E-state index contributed by atoms with van der Waals surface area (Å²) in [5.74, 6) is 0. The van der Waals surface area contributed by atoms with E-state index >= 15 is 0 Å². The van der Waals surface area contributed by atoms with E-state index in [1.807, 2.05) is 37.3 Å². The number of rotatable bonds is 1. The number of ether oxygens (including phenoxy) is 2. The molecule has 0 saturated carbocycles. The maximum absolute atomic E-state index is 10.1. The second kappa shape index (κ2) is 5.42. The Balaban J connectivity index is 1.75. The van der Waals surface area contributed by atoms with Crippen molar-refractivity contribution in [1.29, 1.82) is 0 Å². The second-order valence-corrected chi connectivity index (χ2v) is 5.82. The van der Waals surface area contributed by atoms with Crippen LogP contribution in [0.4, 0.5) is 0 Å². The normalized spacial score (nSPS) is 42.7. The molecule has 2 saturated heterocycles. The summed E-state index contributed by atoms with van der Waals surface area (Å²) < 4.78 is 11.8. The summed E-state index contributed by atoms with van der Waals surface area (Å²) in [6.45, 7) is 2.52. The van der Waals surface area contributed by atoms with Crippen LogP contribution in [0, 0.1) is 0 Å². The maximum atomic E-state index is 10.1. The van der Waals surface area contributed by atoms with Gasteiger partial charge >= 0.3 is 0 Å². The molecule has 3 rings (SSSR count). The van der Waals surface area contributed by atoms with Crippen molar-refractivity contribution in [1.82, 2.24) is 5.32 Å². The molecule has 4 nitrogen and oxygen atoms in total. The van der Waals surface area contributed by atoms with Crippen LogP contribution >= 0.6 is 12.6 Å². The number of fused-ring (bicyclic) bond motifs is 1. The summed E-state index contributed by atoms with van der Waals surface area (Å²) in [5, 5.41) is 13.2. The Morgan fingerprint density at radius 2 is 2.05 bits per heavy atom. The Morgan fingerprint density at radius 3 is 2.79 bits per heavy atom. The minimum Gasteiger partial charge on any atom is -0.390 e. The average molecular weight is 281 g/mol. The van der Waals surface area contributed by atoms with Crippen LogP contribution in [0.2, 0.25) is 0 Å². The van der Waals surface area contributed by atoms with Gasteiger partial charge in [-0.1, -0.05) is 30.3 Å². The van der Waals surface area contributed by atoms with Crippen LogP contribution in [0.25, 0.3) is 0 Å². The molecule has 19 heavy (non-hydrogen) atoms. The van der Waals surface area contributed by atoms with Crippen LogP contribution in [0.3, 0.4) is 0 Å². The van der Waals surface area contributed by atoms with Crippen molar-refractivity contribution in [3.63, 3.8) is 0 Å². The minimum absolute atomic E-state index is 0.00391. The lowest BCUT2D eigenvalue weighted by atomic mass is 9.92. The van der Waals surface area contributed by atoms with Crippen molar-refractivity contribution in [2.45, 2.75) is 42.8 Å². The predicted octanol–water partition coefficient (Wildman–Crippen LogP) is 1.12. The topological polar surface area (TPSA) is 50.7 Å². The Labute approximate surface area is 118 Å². The van der Waals surface area contributed by atoms with E-state index in [-0.39, 0.29) is 29.7 Å². The number of aliphatic hydroxyl groups excluding tert-OH is 1. The number of benzene rings is 1. The summed E-state index contributed by atoms with van der Waals surface area (Å²) in [4.78, 5) is 0. The van der Waals surface area contributed by atoms with Gasteiger partial charge in [0.2, 0.25) is 0 Å². The predicted molar refractivity (Wildman–Crippen MR) is 75.2 cm³/mol. The zero-order chi connectivity index (χ0) is 13.4. The summed E-state index contributed by atoms with van der Waals surface area (Å²) in [6, 6.07) is 9.93. The molecule has 6 atom stereocenters. The number of aliphatic hydroxyl groups is 1. The maximum Gasteiger partial charge on any atom is 0.184 e. The van der Waals surface area contributed by atoms with Gasteiger partial charge in [0.25, 0.3) is 0 Å². The van der Waals surface area contributed by atoms with Crippen molar-refractivity contribution >= 4 is 12.6 Å². The van der Waals surface area contributed by atoms with E-state index in [0.29, 0.717) is 6.61 Å². The van der Waals surface area contributed by atoms with Gasteiger partial charge in [-0.15, -0.1) is 0 Å². The molecule has 1 aromatic carbocycles. The summed E-state index contributed by atoms with van der Waals surface area (Å²) in [5.41, 5.74) is 0.995. The average Bonchev–Trinajstić information content (AvgIpc) is 2.46. The molecule has 2 fully saturated rings. The first-order valence-corrected chi connectivity index (χ1v) is 7.12. The number of nitrogens with one attached hydrogen (secondary N) is 1. The van der Waals surface area contributed by atoms with Crippen molar-refractivity contribution in [2.24, 2.45) is 0 Å². The van der Waals surface area contributed by atoms with E-state index in [0.717, 1.165) is 5.56 Å². The zero-order valence-corrected chi connectivity index (χ0v) is 11.7. The highest BCUT2D eigenvalue weighted by atomic mass is 32.1. The molecule has 1 aromatic rings. The fraction of sp³-hybridized carbons (Fsp3) is 0.571. The van der Waals surface area contributed by atoms with E-state index in [1.54, 1.807) is 0 Å². The van der Waals surface area contributed by atoms with Crippen LogP contribution in [0.5, 0.6) is 0 Å². The minimum atomic E-state index is -0.515. The summed E-state index contributed by atoms with van der Waals surface area (Å²) in [7, 11) is 0. The van der Waals surface area contributed by atoms with Crippen LogP contribution in [-0.4, -0.2) is 41.3 Å². The van der Waals surface area contributed by atoms with Gasteiger partial charge in [-0.25, -0.2) is 0 Å². The molecular formula is C14H19NO3S. The van der Waals surface area contributed by atoms with E-state index < -0.39 is 6.10 Å². The third-order valence-electron chi connectivity index (χ3n) is 3.85. The smallest absolute Gasteiger partial charge is 0.184 e. The van der Waals surface area contributed by atoms with Crippen LogP contribution in [0.15, 0.2) is 30.3 Å². The highest BCUT2D eigenvalue weighted by molar-refractivity contribution is 7.81. The van der Waals surface area contributed by atoms with E-state index in [4.69, 9.17) is 9.47 Å². The molecule has 2 N–H and O–H groups in total. The molecule has 1 unspecified atom stereocenters. The number of hydrogen-bond acceptors (Lipinski definition) is 5. The van der Waals surface area contributed by atoms with Gasteiger partial charge in [0, 0.05) is 11.6 Å². The van der Waals surface area contributed by atoms with Crippen LogP contribution in [-0.2, 0) is 9.47 Å². The van der Waals surface area contributed by atoms with Gasteiger partial charge in [0.1, 0.15) is 0 Å². The van der Waals surface area contributed by atoms with Gasteiger partial charge in [-0.2, -0.15) is 12.6 Å². The Morgan fingerprint density at radius 1 is 1.32 bits per heavy atom. The first-order chi connectivity index (χ1) is 9.16. The van der Waals surface area contributed by atoms with Crippen molar-refractivity contribution in [3.8, 4) is 0 Å². The van der Waals surface area contributed by atoms with Crippen molar-refractivity contribution < 1.29 is 14.6 Å². The Kier molecular flexibility index (Phi) is 3.82. The van der Waals surface area contributed by atoms with E-state index in [1.165, 1.54) is 0 Å². The molecule has 2 aliphatic heterocycles. The largest absolute Gasteiger partial charge is 0.390 e. The number of hydrogen-bond donors (Lipinski definition) is 3. The van der Waals surface area contributed by atoms with Gasteiger partial charge in [-0.05, 0) is 6.92 Å². The lowest BCUT2D eigenvalue weighted by molar-refractivity contribution is -0.241. The summed E-state index contributed by atoms with van der Waals surface area (Å²) in [6.07, 6.45) is -1.04. The fourth-order valence-corrected chi connectivity index (χ4v) is 3.27. The first kappa shape index (κ1) is 13.4. The Bertz CT molecular complexity index is 428. The third-order valence-corrected chi connectivity index (χ3v) is 4.45. The number of thiol groups is 1. The van der Waals surface area contributed by atoms with Crippen molar-refractivity contribution in [2.75, 3.05) is 6.61 Å². The van der Waals surface area contributed by atoms with Gasteiger partial charge in [-0.3, -0.25) is 0 Å². The lowest BCUT2D eigenvalue weighted by Crippen LogP contribution is -2.66. The van der Waals surface area contributed by atoms with Crippen LogP contribution in [0.1, 0.15) is 18.8 Å². The highest BCUT2D eigenvalue weighted by Gasteiger charge is 2.45. The second-order valence-electron chi connectivity index (χ2n) is 5.22. The van der Waals surface area contributed by atoms with Crippen LogP contribution < -0.4 is 5.32 Å². The van der Waals surface area contributed by atoms with E-state index in [9.17, 15) is 5.11 Å². The zero-order valence-electron chi connectivity index (χ0n) is 10.8. The monoisotopic (exact) mass is 281 g/mol. The Hall–Kier alpha value is -0.590. The molecule has 0 aromatic heterocycles. The molecule has 0 radical (unpaired) electrons. The molecule has 2 aliphatic rings. The quantitative estimate of drug-likeness (QED) is 0.675. The standard InChI is InChI=1S/C14H19NO3S/c1-8-11(16)13(19)12-10(15-8)7-17-14(18-12)9-5-3-2-4-6-9/h2-6,8,10-16,19H,7H2,1H3/t8?,10-,11-,12-,13+,14-/m1/s1. The fourth-order valence-electron chi connectivity index (χ4n) is 2.74. The van der Waals surface area contributed by atoms with Gasteiger partial charge < -0.3 is 19.9 Å². The molecule has 0 aliphatic carbocycles. The molecule has 104 valence electrons. The summed E-state index contributed by atoms with van der Waals surface area (Å²) >= 11 is 4.52. The molecular weight excluding hydrogens is 262 g/mol. The third kappa shape index (κ3) is 2.53. The molecule has 0 spiro atoms. The molecule has 0 amide bonds. The lowest BCUT2D eigenvalue weighted by Gasteiger charge is -2.47. The van der Waals surface area contributed by atoms with Gasteiger partial charge in [0.15, 0.2) is 6.29 Å². The molecule has 5 heteroatoms. The van der Waals surface area contributed by atoms with Crippen molar-refractivity contribution in [3.05, 3.63) is 35.9 Å². The SMILES string of the molecule is CC1N[C@@H]2CO[C@@H](c3ccccc3)O[C@H]2[C@@H](S)[C@@H]1O.